The Morgan fingerprint density at radius 3 is 2.23 bits per heavy atom. The monoisotopic (exact) mass is 400 g/mol. The summed E-state index contributed by atoms with van der Waals surface area (Å²) in [6, 6.07) is 4.15. The zero-order valence-electron chi connectivity index (χ0n) is 6.18. The molecule has 0 aliphatic rings. The van der Waals surface area contributed by atoms with Crippen molar-refractivity contribution in [2.45, 2.75) is 0 Å². The molecule has 0 saturated heterocycles. The van der Waals surface area contributed by atoms with Crippen molar-refractivity contribution in [2.75, 3.05) is 0 Å². The van der Waals surface area contributed by atoms with Crippen molar-refractivity contribution in [3.63, 3.8) is 0 Å². The van der Waals surface area contributed by atoms with Crippen molar-refractivity contribution < 1.29 is 0 Å². The van der Waals surface area contributed by atoms with Crippen LogP contribution in [0.4, 0.5) is 0 Å². The molecule has 0 atom stereocenters. The molecule has 0 aliphatic heterocycles. The molecule has 0 aliphatic carbocycles. The summed E-state index contributed by atoms with van der Waals surface area (Å²) in [5.41, 5.74) is 0. The summed E-state index contributed by atoms with van der Waals surface area (Å²) in [5.74, 6) is 0. The summed E-state index contributed by atoms with van der Waals surface area (Å²) in [5, 5.41) is 2.08. The van der Waals surface area contributed by atoms with E-state index >= 15 is 0 Å². The number of hydrogen-bond donors (Lipinski definition) is 0. The van der Waals surface area contributed by atoms with Gasteiger partial charge in [-0.2, -0.15) is 0 Å². The van der Waals surface area contributed by atoms with Crippen molar-refractivity contribution in [1.82, 2.24) is 0 Å². The molecular weight excluding hydrogens is 400 g/mol. The minimum Gasteiger partial charge on any atom is -0.142 e. The van der Waals surface area contributed by atoms with Crippen LogP contribution in [0, 0.1) is 0 Å². The molecule has 0 spiro atoms. The van der Waals surface area contributed by atoms with Crippen LogP contribution < -0.4 is 0 Å². The maximum atomic E-state index is 3.54. The molecular formula is C8H3Br3S2. The highest BCUT2D eigenvalue weighted by molar-refractivity contribution is 9.11. The van der Waals surface area contributed by atoms with Gasteiger partial charge in [0.15, 0.2) is 0 Å². The molecule has 68 valence electrons. The van der Waals surface area contributed by atoms with E-state index in [1.807, 2.05) is 0 Å². The molecule has 0 fully saturated rings. The van der Waals surface area contributed by atoms with Gasteiger partial charge < -0.3 is 0 Å². The average Bonchev–Trinajstić information content (AvgIpc) is 2.58. The van der Waals surface area contributed by atoms with Crippen molar-refractivity contribution in [3.05, 3.63) is 30.2 Å². The second-order valence-electron chi connectivity index (χ2n) is 2.33. The van der Waals surface area contributed by atoms with Gasteiger partial charge in [-0.1, -0.05) is 0 Å². The van der Waals surface area contributed by atoms with Gasteiger partial charge in [0.25, 0.3) is 0 Å². The van der Waals surface area contributed by atoms with E-state index in [0.29, 0.717) is 0 Å². The van der Waals surface area contributed by atoms with E-state index in [1.54, 1.807) is 22.7 Å². The van der Waals surface area contributed by atoms with Crippen LogP contribution in [0.2, 0.25) is 0 Å². The lowest BCUT2D eigenvalue weighted by atomic mass is 10.4. The summed E-state index contributed by atoms with van der Waals surface area (Å²) in [6.45, 7) is 0. The van der Waals surface area contributed by atoms with Gasteiger partial charge in [0.1, 0.15) is 0 Å². The summed E-state index contributed by atoms with van der Waals surface area (Å²) in [6.07, 6.45) is 0. The quantitative estimate of drug-likeness (QED) is 0.568. The fraction of sp³-hybridized carbons (Fsp3) is 0. The fourth-order valence-electron chi connectivity index (χ4n) is 0.951. The van der Waals surface area contributed by atoms with Gasteiger partial charge in [0.05, 0.1) is 13.5 Å². The first-order chi connectivity index (χ1) is 6.18. The maximum absolute atomic E-state index is 3.54. The lowest BCUT2D eigenvalue weighted by molar-refractivity contribution is 1.80. The Labute approximate surface area is 109 Å². The summed E-state index contributed by atoms with van der Waals surface area (Å²) in [7, 11) is 0. The second kappa shape index (κ2) is 4.14. The standard InChI is InChI=1S/C8H3Br3S2/c9-4-1-2-12-7(4)8-5(10)3-6(11)13-8/h1-3H. The van der Waals surface area contributed by atoms with E-state index in [4.69, 9.17) is 0 Å². The predicted octanol–water partition coefficient (Wildman–Crippen LogP) is 5.76. The van der Waals surface area contributed by atoms with E-state index in [2.05, 4.69) is 65.3 Å². The first kappa shape index (κ1) is 10.4. The largest absolute Gasteiger partial charge is 0.142 e. The molecule has 0 saturated carbocycles. The van der Waals surface area contributed by atoms with Crippen LogP contribution >= 0.6 is 70.5 Å². The summed E-state index contributed by atoms with van der Waals surface area (Å²) < 4.78 is 3.45. The first-order valence-corrected chi connectivity index (χ1v) is 7.44. The van der Waals surface area contributed by atoms with Gasteiger partial charge in [-0.15, -0.1) is 22.7 Å². The van der Waals surface area contributed by atoms with Gasteiger partial charge in [-0.3, -0.25) is 0 Å². The number of hydrogen-bond acceptors (Lipinski definition) is 2. The first-order valence-electron chi connectivity index (χ1n) is 3.36. The Hall–Kier alpha value is 0.840. The van der Waals surface area contributed by atoms with Crippen molar-refractivity contribution in [2.24, 2.45) is 0 Å². The molecule has 0 unspecified atom stereocenters. The molecule has 2 heterocycles. The van der Waals surface area contributed by atoms with Crippen LogP contribution in [0.1, 0.15) is 0 Å². The molecule has 0 N–H and O–H groups in total. The third-order valence-corrected chi connectivity index (χ3v) is 6.01. The van der Waals surface area contributed by atoms with Crippen LogP contribution in [0.5, 0.6) is 0 Å². The molecule has 2 rings (SSSR count). The molecule has 0 nitrogen and oxygen atoms in total. The van der Waals surface area contributed by atoms with Crippen molar-refractivity contribution >= 4 is 70.5 Å². The summed E-state index contributed by atoms with van der Waals surface area (Å²) >= 11 is 14.0. The van der Waals surface area contributed by atoms with Crippen LogP contribution in [0.25, 0.3) is 9.75 Å². The molecule has 0 bridgehead atoms. The molecule has 0 aromatic carbocycles. The zero-order chi connectivity index (χ0) is 9.42. The van der Waals surface area contributed by atoms with Gasteiger partial charge in [-0.25, -0.2) is 0 Å². The Kier molecular flexibility index (Phi) is 3.30. The van der Waals surface area contributed by atoms with Gasteiger partial charge in [-0.05, 0) is 65.3 Å². The molecule has 2 aromatic heterocycles. The highest BCUT2D eigenvalue weighted by Crippen LogP contribution is 2.44. The maximum Gasteiger partial charge on any atom is 0.0717 e. The molecule has 0 amide bonds. The average molecular weight is 403 g/mol. The normalized spacial score (nSPS) is 10.7. The Balaban J connectivity index is 2.58. The third-order valence-electron chi connectivity index (χ3n) is 1.48. The van der Waals surface area contributed by atoms with E-state index in [0.717, 1.165) is 12.7 Å². The lowest BCUT2D eigenvalue weighted by Gasteiger charge is -1.93. The van der Waals surface area contributed by atoms with Gasteiger partial charge in [0, 0.05) is 8.95 Å². The Morgan fingerprint density at radius 2 is 1.77 bits per heavy atom. The predicted molar refractivity (Wildman–Crippen MR) is 70.7 cm³/mol. The minimum absolute atomic E-state index is 1.15. The molecule has 13 heavy (non-hydrogen) atoms. The van der Waals surface area contributed by atoms with Crippen LogP contribution in [-0.2, 0) is 0 Å². The Bertz CT molecular complexity index is 430. The van der Waals surface area contributed by atoms with Crippen LogP contribution in [0.15, 0.2) is 30.2 Å². The van der Waals surface area contributed by atoms with E-state index in [9.17, 15) is 0 Å². The third kappa shape index (κ3) is 2.09. The molecule has 2 aromatic rings. The second-order valence-corrected chi connectivity index (χ2v) is 7.38. The smallest absolute Gasteiger partial charge is 0.0717 e. The minimum atomic E-state index is 1.15. The fourth-order valence-corrected chi connectivity index (χ4v) is 5.58. The van der Waals surface area contributed by atoms with Crippen molar-refractivity contribution in [3.8, 4) is 9.75 Å². The number of halogens is 3. The van der Waals surface area contributed by atoms with Gasteiger partial charge in [0.2, 0.25) is 0 Å². The molecule has 0 radical (unpaired) electrons. The number of rotatable bonds is 1. The highest BCUT2D eigenvalue weighted by Gasteiger charge is 2.11. The Morgan fingerprint density at radius 1 is 1.00 bits per heavy atom. The highest BCUT2D eigenvalue weighted by atomic mass is 79.9. The van der Waals surface area contributed by atoms with Crippen LogP contribution in [-0.4, -0.2) is 0 Å². The molecule has 5 heteroatoms. The number of thiophene rings is 2. The van der Waals surface area contributed by atoms with E-state index in [-0.39, 0.29) is 0 Å². The van der Waals surface area contributed by atoms with E-state index in [1.165, 1.54) is 9.75 Å². The van der Waals surface area contributed by atoms with E-state index < -0.39 is 0 Å². The van der Waals surface area contributed by atoms with Crippen LogP contribution in [0.3, 0.4) is 0 Å². The SMILES string of the molecule is Brc1cc(Br)c(-c2sccc2Br)s1. The zero-order valence-corrected chi connectivity index (χ0v) is 12.6. The topological polar surface area (TPSA) is 0 Å². The lowest BCUT2D eigenvalue weighted by Crippen LogP contribution is -1.64. The van der Waals surface area contributed by atoms with Gasteiger partial charge >= 0.3 is 0 Å². The summed E-state index contributed by atoms with van der Waals surface area (Å²) in [4.78, 5) is 2.55. The van der Waals surface area contributed by atoms with Crippen molar-refractivity contribution in [1.29, 1.82) is 0 Å².